The lowest BCUT2D eigenvalue weighted by molar-refractivity contribution is -0.137. The number of rotatable bonds is 7. The molecule has 2 amide bonds. The molecule has 3 N–H and O–H groups in total. The molecule has 0 spiro atoms. The number of carbonyl (C=O) groups is 3. The zero-order chi connectivity index (χ0) is 16.5. The second-order valence-corrected chi connectivity index (χ2v) is 6.19. The van der Waals surface area contributed by atoms with E-state index in [1.807, 2.05) is 0 Å². The quantitative estimate of drug-likeness (QED) is 0.599. The highest BCUT2D eigenvalue weighted by Crippen LogP contribution is 2.31. The van der Waals surface area contributed by atoms with Gasteiger partial charge < -0.3 is 25.2 Å². The summed E-state index contributed by atoms with van der Waals surface area (Å²) in [6, 6.07) is -0.526. The van der Waals surface area contributed by atoms with Gasteiger partial charge in [-0.2, -0.15) is 11.8 Å². The summed E-state index contributed by atoms with van der Waals surface area (Å²) in [5.74, 6) is -0.165. The van der Waals surface area contributed by atoms with Crippen molar-refractivity contribution in [1.82, 2.24) is 10.6 Å². The van der Waals surface area contributed by atoms with Gasteiger partial charge in [-0.25, -0.2) is 9.59 Å². The largest absolute Gasteiger partial charge is 0.481 e. The van der Waals surface area contributed by atoms with E-state index in [2.05, 4.69) is 20.1 Å². The summed E-state index contributed by atoms with van der Waals surface area (Å²) in [5.41, 5.74) is 0. The third kappa shape index (κ3) is 6.00. The third-order valence-electron chi connectivity index (χ3n) is 3.41. The molecule has 22 heavy (non-hydrogen) atoms. The fraction of sp³-hybridized carbons (Fsp3) is 0.769. The van der Waals surface area contributed by atoms with Crippen LogP contribution < -0.4 is 10.6 Å². The molecule has 0 aromatic rings. The molecule has 0 aromatic carbocycles. The Morgan fingerprint density at radius 1 is 1.14 bits per heavy atom. The lowest BCUT2D eigenvalue weighted by atomic mass is 10.0. The first-order chi connectivity index (χ1) is 10.5. The molecule has 0 aromatic heterocycles. The average Bonchev–Trinajstić information content (AvgIpc) is 2.85. The molecule has 8 nitrogen and oxygen atoms in total. The summed E-state index contributed by atoms with van der Waals surface area (Å²) >= 11 is 1.63. The number of thioether (sulfide) groups is 1. The van der Waals surface area contributed by atoms with Crippen LogP contribution in [-0.4, -0.2) is 60.6 Å². The van der Waals surface area contributed by atoms with E-state index in [0.29, 0.717) is 12.2 Å². The molecule has 3 atom stereocenters. The first-order valence-electron chi connectivity index (χ1n) is 7.00. The Labute approximate surface area is 133 Å². The second kappa shape index (κ2) is 9.39. The fourth-order valence-corrected chi connectivity index (χ4v) is 3.85. The van der Waals surface area contributed by atoms with Gasteiger partial charge in [0.1, 0.15) is 0 Å². The van der Waals surface area contributed by atoms with E-state index in [0.717, 1.165) is 12.8 Å². The van der Waals surface area contributed by atoms with Gasteiger partial charge in [-0.3, -0.25) is 4.79 Å². The first-order valence-corrected chi connectivity index (χ1v) is 8.05. The number of ether oxygens (including phenoxy) is 2. The number of carboxylic acids is 1. The highest BCUT2D eigenvalue weighted by molar-refractivity contribution is 8.00. The average molecular weight is 334 g/mol. The molecular weight excluding hydrogens is 312 g/mol. The van der Waals surface area contributed by atoms with Crippen LogP contribution in [0.3, 0.4) is 0 Å². The van der Waals surface area contributed by atoms with Crippen molar-refractivity contribution < 1.29 is 29.0 Å². The second-order valence-electron chi connectivity index (χ2n) is 4.92. The predicted octanol–water partition coefficient (Wildman–Crippen LogP) is 1.20. The van der Waals surface area contributed by atoms with Crippen molar-refractivity contribution >= 4 is 29.9 Å². The number of hydrogen-bond acceptors (Lipinski definition) is 6. The molecule has 126 valence electrons. The molecule has 0 radical (unpaired) electrons. The van der Waals surface area contributed by atoms with Crippen LogP contribution in [0, 0.1) is 0 Å². The standard InChI is InChI=1S/C13H22N2O6S/c1-20-12(18)14-8-7-22-9(5-3-4-6-10(16)17)11(8)15-13(19)21-2/h8-9,11H,3-7H2,1-2H3,(H,14,18)(H,15,19)(H,16,17)/t8-,9+,11+/m0/s1. The smallest absolute Gasteiger partial charge is 0.407 e. The Morgan fingerprint density at radius 2 is 1.77 bits per heavy atom. The fourth-order valence-electron chi connectivity index (χ4n) is 2.31. The number of unbranched alkanes of at least 4 members (excludes halogenated alkanes) is 1. The van der Waals surface area contributed by atoms with E-state index in [-0.39, 0.29) is 23.8 Å². The summed E-state index contributed by atoms with van der Waals surface area (Å²) < 4.78 is 9.20. The SMILES string of the molecule is COC(=O)N[C@@H]1[C@@H](NC(=O)OC)CS[C@@H]1CCCCC(=O)O. The number of amides is 2. The maximum absolute atomic E-state index is 11.5. The van der Waals surface area contributed by atoms with Crippen LogP contribution in [0.2, 0.25) is 0 Å². The van der Waals surface area contributed by atoms with E-state index < -0.39 is 18.2 Å². The van der Waals surface area contributed by atoms with Crippen molar-refractivity contribution in [2.45, 2.75) is 43.0 Å². The van der Waals surface area contributed by atoms with Crippen LogP contribution >= 0.6 is 11.8 Å². The van der Waals surface area contributed by atoms with Crippen LogP contribution in [0.25, 0.3) is 0 Å². The Balaban J connectivity index is 2.55. The minimum atomic E-state index is -0.812. The molecule has 0 unspecified atom stereocenters. The molecule has 1 rings (SSSR count). The van der Waals surface area contributed by atoms with Gasteiger partial charge in [0.2, 0.25) is 0 Å². The number of hydrogen-bond donors (Lipinski definition) is 3. The van der Waals surface area contributed by atoms with Gasteiger partial charge in [-0.05, 0) is 12.8 Å². The highest BCUT2D eigenvalue weighted by Gasteiger charge is 2.38. The molecule has 1 saturated heterocycles. The maximum Gasteiger partial charge on any atom is 0.407 e. The first kappa shape index (κ1) is 18.4. The van der Waals surface area contributed by atoms with Gasteiger partial charge in [-0.1, -0.05) is 6.42 Å². The van der Waals surface area contributed by atoms with Crippen LogP contribution in [0.15, 0.2) is 0 Å². The van der Waals surface area contributed by atoms with E-state index in [1.54, 1.807) is 11.8 Å². The van der Waals surface area contributed by atoms with Crippen molar-refractivity contribution in [2.75, 3.05) is 20.0 Å². The van der Waals surface area contributed by atoms with Crippen molar-refractivity contribution in [3.8, 4) is 0 Å². The topological polar surface area (TPSA) is 114 Å². The van der Waals surface area contributed by atoms with Gasteiger partial charge in [0.15, 0.2) is 0 Å². The summed E-state index contributed by atoms with van der Waals surface area (Å²) in [5, 5.41) is 14.2. The summed E-state index contributed by atoms with van der Waals surface area (Å²) in [6.07, 6.45) is 1.12. The van der Waals surface area contributed by atoms with Crippen molar-refractivity contribution in [1.29, 1.82) is 0 Å². The molecule has 0 bridgehead atoms. The van der Waals surface area contributed by atoms with E-state index >= 15 is 0 Å². The molecular formula is C13H22N2O6S. The third-order valence-corrected chi connectivity index (χ3v) is 4.92. The molecule has 1 fully saturated rings. The van der Waals surface area contributed by atoms with Crippen LogP contribution in [0.1, 0.15) is 25.7 Å². The minimum Gasteiger partial charge on any atom is -0.481 e. The monoisotopic (exact) mass is 334 g/mol. The Kier molecular flexibility index (Phi) is 7.86. The predicted molar refractivity (Wildman–Crippen MR) is 81.0 cm³/mol. The number of alkyl carbamates (subject to hydrolysis) is 2. The number of methoxy groups -OCH3 is 2. The lowest BCUT2D eigenvalue weighted by Crippen LogP contribution is -2.53. The number of aliphatic carboxylic acids is 1. The van der Waals surface area contributed by atoms with E-state index in [1.165, 1.54) is 14.2 Å². The Hall–Kier alpha value is -1.64. The molecule has 1 aliphatic heterocycles. The Bertz CT molecular complexity index is 406. The van der Waals surface area contributed by atoms with Crippen molar-refractivity contribution in [3.05, 3.63) is 0 Å². The normalized spacial score (nSPS) is 23.6. The molecule has 9 heteroatoms. The summed E-state index contributed by atoms with van der Waals surface area (Å²) in [4.78, 5) is 33.3. The summed E-state index contributed by atoms with van der Waals surface area (Å²) in [7, 11) is 2.56. The van der Waals surface area contributed by atoms with Crippen LogP contribution in [0.5, 0.6) is 0 Å². The number of nitrogens with one attached hydrogen (secondary N) is 2. The van der Waals surface area contributed by atoms with Crippen LogP contribution in [-0.2, 0) is 14.3 Å². The van der Waals surface area contributed by atoms with Crippen LogP contribution in [0.4, 0.5) is 9.59 Å². The van der Waals surface area contributed by atoms with Crippen molar-refractivity contribution in [2.24, 2.45) is 0 Å². The van der Waals surface area contributed by atoms with E-state index in [9.17, 15) is 14.4 Å². The Morgan fingerprint density at radius 3 is 2.36 bits per heavy atom. The summed E-state index contributed by atoms with van der Waals surface area (Å²) in [6.45, 7) is 0. The van der Waals surface area contributed by atoms with Gasteiger partial charge in [0, 0.05) is 17.4 Å². The molecule has 1 aliphatic rings. The van der Waals surface area contributed by atoms with Crippen molar-refractivity contribution in [3.63, 3.8) is 0 Å². The van der Waals surface area contributed by atoms with Gasteiger partial charge in [0.25, 0.3) is 0 Å². The molecule has 0 saturated carbocycles. The zero-order valence-electron chi connectivity index (χ0n) is 12.7. The highest BCUT2D eigenvalue weighted by atomic mass is 32.2. The van der Waals surface area contributed by atoms with Gasteiger partial charge in [-0.15, -0.1) is 0 Å². The minimum absolute atomic E-state index is 0.0926. The molecule has 1 heterocycles. The zero-order valence-corrected chi connectivity index (χ0v) is 13.5. The number of carboxylic acid groups (broad SMARTS) is 1. The maximum atomic E-state index is 11.5. The lowest BCUT2D eigenvalue weighted by Gasteiger charge is -2.24. The van der Waals surface area contributed by atoms with Gasteiger partial charge >= 0.3 is 18.2 Å². The number of carbonyl (C=O) groups excluding carboxylic acids is 2. The molecule has 0 aliphatic carbocycles. The van der Waals surface area contributed by atoms with E-state index in [4.69, 9.17) is 5.11 Å². The van der Waals surface area contributed by atoms with Gasteiger partial charge in [0.05, 0.1) is 26.3 Å².